The molecule has 0 fully saturated rings. The first-order valence-electron chi connectivity index (χ1n) is 6.85. The van der Waals surface area contributed by atoms with E-state index in [4.69, 9.17) is 10.5 Å². The second-order valence-corrected chi connectivity index (χ2v) is 4.95. The van der Waals surface area contributed by atoms with Crippen molar-refractivity contribution in [1.82, 2.24) is 29.7 Å². The number of rotatable bonds is 4. The fourth-order valence-electron chi connectivity index (χ4n) is 2.10. The van der Waals surface area contributed by atoms with Gasteiger partial charge in [-0.15, -0.1) is 0 Å². The van der Waals surface area contributed by atoms with Crippen molar-refractivity contribution in [2.45, 2.75) is 26.5 Å². The quantitative estimate of drug-likeness (QED) is 0.777. The maximum atomic E-state index is 5.97. The number of hydrogen-bond acceptors (Lipinski definition) is 7. The SMILES string of the molecule is [CH2]Cn1nc(-c2cnc(OC(C)C)nc2)c2c(N)ncnc21. The molecule has 0 unspecified atom stereocenters. The average molecular weight is 298 g/mol. The number of ether oxygens (including phenoxy) is 1. The van der Waals surface area contributed by atoms with Crippen molar-refractivity contribution in [2.24, 2.45) is 0 Å². The summed E-state index contributed by atoms with van der Waals surface area (Å²) >= 11 is 0. The molecule has 0 aliphatic heterocycles. The molecule has 0 aliphatic rings. The van der Waals surface area contributed by atoms with Gasteiger partial charge in [0, 0.05) is 24.5 Å². The molecule has 22 heavy (non-hydrogen) atoms. The van der Waals surface area contributed by atoms with E-state index in [0.29, 0.717) is 35.1 Å². The summed E-state index contributed by atoms with van der Waals surface area (Å²) in [5.41, 5.74) is 7.96. The highest BCUT2D eigenvalue weighted by Gasteiger charge is 2.17. The number of fused-ring (bicyclic) bond motifs is 1. The van der Waals surface area contributed by atoms with Crippen LogP contribution in [0.1, 0.15) is 13.8 Å². The Morgan fingerprint density at radius 3 is 2.59 bits per heavy atom. The maximum absolute atomic E-state index is 5.97. The molecule has 3 rings (SSSR count). The van der Waals surface area contributed by atoms with Gasteiger partial charge in [0.15, 0.2) is 5.65 Å². The number of nitrogen functional groups attached to an aromatic ring is 1. The molecule has 2 N–H and O–H groups in total. The zero-order chi connectivity index (χ0) is 15.7. The van der Waals surface area contributed by atoms with E-state index in [1.807, 2.05) is 13.8 Å². The lowest BCUT2D eigenvalue weighted by molar-refractivity contribution is 0.222. The van der Waals surface area contributed by atoms with Crippen LogP contribution in [0.5, 0.6) is 6.01 Å². The van der Waals surface area contributed by atoms with Gasteiger partial charge < -0.3 is 10.5 Å². The zero-order valence-corrected chi connectivity index (χ0v) is 12.4. The molecule has 0 atom stereocenters. The highest BCUT2D eigenvalue weighted by Crippen LogP contribution is 2.29. The number of anilines is 1. The van der Waals surface area contributed by atoms with Crippen LogP contribution >= 0.6 is 0 Å². The monoisotopic (exact) mass is 298 g/mol. The first-order chi connectivity index (χ1) is 10.6. The van der Waals surface area contributed by atoms with Crippen molar-refractivity contribution in [2.75, 3.05) is 5.73 Å². The molecule has 113 valence electrons. The summed E-state index contributed by atoms with van der Waals surface area (Å²) < 4.78 is 7.10. The van der Waals surface area contributed by atoms with Crippen LogP contribution in [0.2, 0.25) is 0 Å². The Hall–Kier alpha value is -2.77. The van der Waals surface area contributed by atoms with Crippen molar-refractivity contribution in [3.8, 4) is 17.3 Å². The third-order valence-corrected chi connectivity index (χ3v) is 3.01. The predicted molar refractivity (Wildman–Crippen MR) is 81.9 cm³/mol. The highest BCUT2D eigenvalue weighted by molar-refractivity contribution is 5.97. The van der Waals surface area contributed by atoms with Gasteiger partial charge in [-0.2, -0.15) is 5.10 Å². The van der Waals surface area contributed by atoms with E-state index in [1.165, 1.54) is 6.33 Å². The number of nitrogens with zero attached hydrogens (tertiary/aromatic N) is 6. The normalized spacial score (nSPS) is 11.3. The van der Waals surface area contributed by atoms with Gasteiger partial charge in [0.25, 0.3) is 0 Å². The van der Waals surface area contributed by atoms with Gasteiger partial charge in [-0.3, -0.25) is 0 Å². The molecule has 1 radical (unpaired) electrons. The maximum Gasteiger partial charge on any atom is 0.316 e. The standard InChI is InChI=1S/C14H16N7O/c1-4-21-13-10(12(15)18-7-19-13)11(20-21)9-5-16-14(17-6-9)22-8(2)3/h5-8H,1,4H2,2-3H3,(H2,15,18,19). The molecule has 3 heterocycles. The van der Waals surface area contributed by atoms with Crippen LogP contribution in [0, 0.1) is 6.92 Å². The minimum Gasteiger partial charge on any atom is -0.461 e. The summed E-state index contributed by atoms with van der Waals surface area (Å²) in [5.74, 6) is 0.363. The van der Waals surface area contributed by atoms with Gasteiger partial charge in [0.05, 0.1) is 11.5 Å². The lowest BCUT2D eigenvalue weighted by atomic mass is 10.2. The van der Waals surface area contributed by atoms with E-state index in [-0.39, 0.29) is 6.10 Å². The molecule has 0 aliphatic carbocycles. The van der Waals surface area contributed by atoms with Crippen LogP contribution in [0.25, 0.3) is 22.3 Å². The Labute approximate surface area is 127 Å². The Kier molecular flexibility index (Phi) is 3.58. The molecule has 3 aromatic rings. The highest BCUT2D eigenvalue weighted by atomic mass is 16.5. The van der Waals surface area contributed by atoms with Gasteiger partial charge in [-0.1, -0.05) is 0 Å². The molecule has 0 bridgehead atoms. The van der Waals surface area contributed by atoms with Gasteiger partial charge >= 0.3 is 6.01 Å². The van der Waals surface area contributed by atoms with Gasteiger partial charge in [-0.25, -0.2) is 24.6 Å². The van der Waals surface area contributed by atoms with Crippen LogP contribution in [0.15, 0.2) is 18.7 Å². The molecular formula is C14H16N7O. The second kappa shape index (κ2) is 5.55. The summed E-state index contributed by atoms with van der Waals surface area (Å²) in [6.45, 7) is 8.10. The van der Waals surface area contributed by atoms with Crippen molar-refractivity contribution in [1.29, 1.82) is 0 Å². The first-order valence-corrected chi connectivity index (χ1v) is 6.85. The van der Waals surface area contributed by atoms with Crippen LogP contribution < -0.4 is 10.5 Å². The van der Waals surface area contributed by atoms with E-state index >= 15 is 0 Å². The molecule has 0 amide bonds. The molecule has 0 saturated carbocycles. The van der Waals surface area contributed by atoms with E-state index in [9.17, 15) is 0 Å². The van der Waals surface area contributed by atoms with Crippen LogP contribution in [0.3, 0.4) is 0 Å². The summed E-state index contributed by atoms with van der Waals surface area (Å²) in [6.07, 6.45) is 4.71. The van der Waals surface area contributed by atoms with Gasteiger partial charge in [0.1, 0.15) is 17.8 Å². The van der Waals surface area contributed by atoms with E-state index in [0.717, 1.165) is 5.56 Å². The molecule has 0 aromatic carbocycles. The number of nitrogens with two attached hydrogens (primary N) is 1. The predicted octanol–water partition coefficient (Wildman–Crippen LogP) is 1.49. The lowest BCUT2D eigenvalue weighted by Crippen LogP contribution is -2.08. The largest absolute Gasteiger partial charge is 0.461 e. The van der Waals surface area contributed by atoms with Gasteiger partial charge in [-0.05, 0) is 20.8 Å². The Balaban J connectivity index is 2.10. The Bertz CT molecular complexity index is 795. The topological polar surface area (TPSA) is 105 Å². The van der Waals surface area contributed by atoms with E-state index in [1.54, 1.807) is 17.1 Å². The molecule has 0 saturated heterocycles. The van der Waals surface area contributed by atoms with E-state index < -0.39 is 0 Å². The number of hydrogen-bond donors (Lipinski definition) is 1. The van der Waals surface area contributed by atoms with Crippen molar-refractivity contribution < 1.29 is 4.74 Å². The third-order valence-electron chi connectivity index (χ3n) is 3.01. The van der Waals surface area contributed by atoms with Crippen LogP contribution in [-0.2, 0) is 6.54 Å². The minimum atomic E-state index is 0.0149. The smallest absolute Gasteiger partial charge is 0.316 e. The van der Waals surface area contributed by atoms with E-state index in [2.05, 4.69) is 32.0 Å². The summed E-state index contributed by atoms with van der Waals surface area (Å²) in [5, 5.41) is 5.15. The average Bonchev–Trinajstić information content (AvgIpc) is 2.88. The molecular weight excluding hydrogens is 282 g/mol. The number of aromatic nitrogens is 6. The zero-order valence-electron chi connectivity index (χ0n) is 12.4. The lowest BCUT2D eigenvalue weighted by Gasteiger charge is -2.07. The summed E-state index contributed by atoms with van der Waals surface area (Å²) in [7, 11) is 0. The van der Waals surface area contributed by atoms with Gasteiger partial charge in [0.2, 0.25) is 0 Å². The van der Waals surface area contributed by atoms with Crippen LogP contribution in [0.4, 0.5) is 5.82 Å². The third kappa shape index (κ3) is 2.43. The minimum absolute atomic E-state index is 0.0149. The van der Waals surface area contributed by atoms with Crippen molar-refractivity contribution >= 4 is 16.9 Å². The molecule has 0 spiro atoms. The second-order valence-electron chi connectivity index (χ2n) is 4.95. The molecule has 8 heteroatoms. The Morgan fingerprint density at radius 1 is 1.23 bits per heavy atom. The Morgan fingerprint density at radius 2 is 1.95 bits per heavy atom. The first kappa shape index (κ1) is 14.2. The van der Waals surface area contributed by atoms with Crippen molar-refractivity contribution in [3.05, 3.63) is 25.6 Å². The van der Waals surface area contributed by atoms with Crippen molar-refractivity contribution in [3.63, 3.8) is 0 Å². The molecule has 8 nitrogen and oxygen atoms in total. The fraction of sp³-hybridized carbons (Fsp3) is 0.286. The summed E-state index contributed by atoms with van der Waals surface area (Å²) in [4.78, 5) is 16.6. The fourth-order valence-corrected chi connectivity index (χ4v) is 2.10. The summed E-state index contributed by atoms with van der Waals surface area (Å²) in [6, 6.07) is 0.323. The van der Waals surface area contributed by atoms with Crippen LogP contribution in [-0.4, -0.2) is 35.8 Å². The molecule has 3 aromatic heterocycles.